The molecule has 0 bridgehead atoms. The van der Waals surface area contributed by atoms with Crippen molar-refractivity contribution in [3.63, 3.8) is 0 Å². The van der Waals surface area contributed by atoms with Gasteiger partial charge in [-0.3, -0.25) is 9.69 Å². The summed E-state index contributed by atoms with van der Waals surface area (Å²) in [5.41, 5.74) is 1.61. The fourth-order valence-electron chi connectivity index (χ4n) is 3.36. The number of methoxy groups -OCH3 is 1. The van der Waals surface area contributed by atoms with E-state index >= 15 is 0 Å². The Morgan fingerprint density at radius 3 is 2.66 bits per heavy atom. The average molecular weight is 476 g/mol. The average Bonchev–Trinajstić information content (AvgIpc) is 2.91. The minimum Gasteiger partial charge on any atom is -0.496 e. The van der Waals surface area contributed by atoms with Crippen LogP contribution in [-0.4, -0.2) is 53.1 Å². The molecule has 0 aliphatic carbocycles. The van der Waals surface area contributed by atoms with Gasteiger partial charge in [0.25, 0.3) is 0 Å². The van der Waals surface area contributed by atoms with Crippen molar-refractivity contribution in [2.24, 2.45) is 5.92 Å². The number of carboxylic acids is 1. The number of thiocarbonyl (C=S) groups is 1. The van der Waals surface area contributed by atoms with Crippen LogP contribution in [0.25, 0.3) is 0 Å². The van der Waals surface area contributed by atoms with Crippen LogP contribution in [0, 0.1) is 5.92 Å². The zero-order valence-electron chi connectivity index (χ0n) is 17.3. The summed E-state index contributed by atoms with van der Waals surface area (Å²) in [6, 6.07) is 10.7. The number of aromatic carboxylic acids is 1. The Labute approximate surface area is 195 Å². The Morgan fingerprint density at radius 1 is 1.28 bits per heavy atom. The van der Waals surface area contributed by atoms with E-state index in [1.54, 1.807) is 30.3 Å². The van der Waals surface area contributed by atoms with Crippen LogP contribution in [0.2, 0.25) is 5.02 Å². The van der Waals surface area contributed by atoms with Gasteiger partial charge in [0, 0.05) is 18.1 Å². The van der Waals surface area contributed by atoms with Crippen LogP contribution in [0.1, 0.15) is 21.5 Å². The molecule has 1 aliphatic rings. The smallest absolute Gasteiger partial charge is 0.335 e. The fourth-order valence-corrected chi connectivity index (χ4v) is 3.77. The molecule has 2 aromatic rings. The van der Waals surface area contributed by atoms with Gasteiger partial charge in [-0.25, -0.2) is 9.59 Å². The molecule has 32 heavy (non-hydrogen) atoms. The SMILES string of the molecule is COc1ccc(Cl)cc1C[C@@H]1CNC(=S)CN(C(=O)NCc2ccc(C(=O)O)cc2)C1=O. The minimum absolute atomic E-state index is 0.0267. The van der Waals surface area contributed by atoms with Crippen LogP contribution >= 0.6 is 23.8 Å². The van der Waals surface area contributed by atoms with E-state index in [1.165, 1.54) is 19.2 Å². The Hall–Kier alpha value is -3.17. The van der Waals surface area contributed by atoms with Gasteiger partial charge in [-0.2, -0.15) is 0 Å². The highest BCUT2D eigenvalue weighted by Gasteiger charge is 2.33. The van der Waals surface area contributed by atoms with Gasteiger partial charge in [0.15, 0.2) is 0 Å². The third-order valence-electron chi connectivity index (χ3n) is 5.06. The number of rotatable bonds is 6. The molecule has 1 atom stereocenters. The molecule has 0 saturated carbocycles. The van der Waals surface area contributed by atoms with Crippen molar-refractivity contribution in [3.8, 4) is 5.75 Å². The number of carbonyl (C=O) groups excluding carboxylic acids is 2. The number of urea groups is 1. The van der Waals surface area contributed by atoms with Crippen LogP contribution in [0.3, 0.4) is 0 Å². The number of carboxylic acid groups (broad SMARTS) is 1. The predicted octanol–water partition coefficient (Wildman–Crippen LogP) is 2.87. The van der Waals surface area contributed by atoms with Crippen molar-refractivity contribution < 1.29 is 24.2 Å². The maximum atomic E-state index is 13.2. The number of carbonyl (C=O) groups is 3. The molecule has 3 amide bonds. The van der Waals surface area contributed by atoms with E-state index in [4.69, 9.17) is 33.7 Å². The molecule has 3 rings (SSSR count). The van der Waals surface area contributed by atoms with Crippen LogP contribution in [-0.2, 0) is 17.8 Å². The van der Waals surface area contributed by atoms with Crippen LogP contribution in [0.5, 0.6) is 5.75 Å². The molecule has 1 aliphatic heterocycles. The van der Waals surface area contributed by atoms with E-state index in [2.05, 4.69) is 10.6 Å². The van der Waals surface area contributed by atoms with E-state index in [1.807, 2.05) is 0 Å². The molecular weight excluding hydrogens is 454 g/mol. The van der Waals surface area contributed by atoms with Crippen molar-refractivity contribution in [1.29, 1.82) is 0 Å². The second-order valence-corrected chi connectivity index (χ2v) is 8.18. The van der Waals surface area contributed by atoms with Gasteiger partial charge in [-0.15, -0.1) is 0 Å². The molecule has 2 aromatic carbocycles. The van der Waals surface area contributed by atoms with Gasteiger partial charge >= 0.3 is 12.0 Å². The van der Waals surface area contributed by atoms with Crippen molar-refractivity contribution in [2.75, 3.05) is 20.2 Å². The van der Waals surface area contributed by atoms with Gasteiger partial charge in [0.2, 0.25) is 5.91 Å². The first-order valence-electron chi connectivity index (χ1n) is 9.79. The van der Waals surface area contributed by atoms with E-state index in [0.29, 0.717) is 27.7 Å². The molecule has 10 heteroatoms. The number of halogens is 1. The Kier molecular flexibility index (Phi) is 7.66. The Balaban J connectivity index is 1.71. The molecular formula is C22H22ClN3O5S. The Morgan fingerprint density at radius 2 is 2.00 bits per heavy atom. The summed E-state index contributed by atoms with van der Waals surface area (Å²) in [6.45, 7) is 0.393. The molecule has 0 radical (unpaired) electrons. The van der Waals surface area contributed by atoms with E-state index in [-0.39, 0.29) is 31.1 Å². The lowest BCUT2D eigenvalue weighted by Gasteiger charge is -2.23. The molecule has 1 saturated heterocycles. The lowest BCUT2D eigenvalue weighted by atomic mass is 9.97. The standard InChI is InChI=1S/C22H22ClN3O5S/c1-31-18-7-6-17(23)9-15(18)8-16-11-24-19(32)12-26(20(16)27)22(30)25-10-13-2-4-14(5-3-13)21(28)29/h2-7,9,16H,8,10-12H2,1H3,(H,24,32)(H,25,30)(H,28,29)/t16-/m1/s1. The first kappa shape index (κ1) is 23.5. The van der Waals surface area contributed by atoms with Gasteiger partial charge < -0.3 is 20.5 Å². The number of hydrogen-bond donors (Lipinski definition) is 3. The maximum absolute atomic E-state index is 13.2. The first-order valence-corrected chi connectivity index (χ1v) is 10.6. The molecule has 1 heterocycles. The zero-order chi connectivity index (χ0) is 23.3. The fraction of sp³-hybridized carbons (Fsp3) is 0.273. The first-order chi connectivity index (χ1) is 15.3. The maximum Gasteiger partial charge on any atom is 0.335 e. The van der Waals surface area contributed by atoms with Crippen molar-refractivity contribution in [2.45, 2.75) is 13.0 Å². The molecule has 8 nitrogen and oxygen atoms in total. The molecule has 3 N–H and O–H groups in total. The second-order valence-electron chi connectivity index (χ2n) is 7.25. The summed E-state index contributed by atoms with van der Waals surface area (Å²) in [4.78, 5) is 38.4. The number of nitrogens with zero attached hydrogens (tertiary/aromatic N) is 1. The zero-order valence-corrected chi connectivity index (χ0v) is 18.8. The molecule has 0 aromatic heterocycles. The van der Waals surface area contributed by atoms with Crippen molar-refractivity contribution >= 4 is 46.7 Å². The summed E-state index contributed by atoms with van der Waals surface area (Å²) >= 11 is 11.4. The topological polar surface area (TPSA) is 108 Å². The number of amides is 3. The second kappa shape index (κ2) is 10.4. The summed E-state index contributed by atoms with van der Waals surface area (Å²) < 4.78 is 5.37. The van der Waals surface area contributed by atoms with Crippen LogP contribution < -0.4 is 15.4 Å². The highest BCUT2D eigenvalue weighted by atomic mass is 35.5. The number of ether oxygens (including phenoxy) is 1. The van der Waals surface area contributed by atoms with Crippen LogP contribution in [0.15, 0.2) is 42.5 Å². The van der Waals surface area contributed by atoms with Gasteiger partial charge in [-0.05, 0) is 47.9 Å². The normalized spacial score (nSPS) is 16.2. The summed E-state index contributed by atoms with van der Waals surface area (Å²) in [7, 11) is 1.54. The number of benzene rings is 2. The number of hydrogen-bond acceptors (Lipinski definition) is 5. The summed E-state index contributed by atoms with van der Waals surface area (Å²) in [5.74, 6) is -1.34. The third-order valence-corrected chi connectivity index (χ3v) is 5.57. The lowest BCUT2D eigenvalue weighted by molar-refractivity contribution is -0.131. The highest BCUT2D eigenvalue weighted by Crippen LogP contribution is 2.26. The van der Waals surface area contributed by atoms with Gasteiger partial charge in [0.05, 0.1) is 30.1 Å². The quantitative estimate of drug-likeness (QED) is 0.551. The van der Waals surface area contributed by atoms with Crippen molar-refractivity contribution in [1.82, 2.24) is 15.5 Å². The predicted molar refractivity (Wildman–Crippen MR) is 123 cm³/mol. The molecule has 0 spiro atoms. The van der Waals surface area contributed by atoms with E-state index in [9.17, 15) is 14.4 Å². The lowest BCUT2D eigenvalue weighted by Crippen LogP contribution is -2.47. The van der Waals surface area contributed by atoms with E-state index in [0.717, 1.165) is 10.5 Å². The summed E-state index contributed by atoms with van der Waals surface area (Å²) in [5, 5.41) is 15.2. The number of imide groups is 1. The van der Waals surface area contributed by atoms with Crippen LogP contribution in [0.4, 0.5) is 4.79 Å². The highest BCUT2D eigenvalue weighted by molar-refractivity contribution is 7.80. The third kappa shape index (κ3) is 5.74. The molecule has 168 valence electrons. The minimum atomic E-state index is -1.03. The summed E-state index contributed by atoms with van der Waals surface area (Å²) in [6.07, 6.45) is 0.318. The number of nitrogens with one attached hydrogen (secondary N) is 2. The largest absolute Gasteiger partial charge is 0.496 e. The van der Waals surface area contributed by atoms with Gasteiger partial charge in [-0.1, -0.05) is 36.0 Å². The van der Waals surface area contributed by atoms with E-state index < -0.39 is 17.9 Å². The Bertz CT molecular complexity index is 1040. The molecule has 0 unspecified atom stereocenters. The molecule has 1 fully saturated rings. The van der Waals surface area contributed by atoms with Gasteiger partial charge in [0.1, 0.15) is 5.75 Å². The monoisotopic (exact) mass is 475 g/mol. The van der Waals surface area contributed by atoms with Crippen molar-refractivity contribution in [3.05, 3.63) is 64.2 Å².